The van der Waals surface area contributed by atoms with Crippen molar-refractivity contribution in [2.45, 2.75) is 6.10 Å². The Morgan fingerprint density at radius 2 is 1.83 bits per heavy atom. The highest BCUT2D eigenvalue weighted by molar-refractivity contribution is 6.33. The average molecular weight is 260 g/mol. The van der Waals surface area contributed by atoms with E-state index in [4.69, 9.17) is 21.1 Å². The van der Waals surface area contributed by atoms with Crippen molar-refractivity contribution in [1.29, 1.82) is 0 Å². The summed E-state index contributed by atoms with van der Waals surface area (Å²) in [5, 5.41) is 0.695. The summed E-state index contributed by atoms with van der Waals surface area (Å²) in [4.78, 5) is 0. The normalized spacial score (nSPS) is 17.6. The van der Waals surface area contributed by atoms with E-state index in [1.165, 1.54) is 0 Å². The summed E-state index contributed by atoms with van der Waals surface area (Å²) in [5.41, 5.74) is 1.88. The van der Waals surface area contributed by atoms with Crippen molar-refractivity contribution in [3.8, 4) is 22.6 Å². The summed E-state index contributed by atoms with van der Waals surface area (Å²) in [6.45, 7) is 4.34. The molecular weight excluding hydrogens is 248 g/mol. The van der Waals surface area contributed by atoms with Crippen LogP contribution in [0.4, 0.5) is 0 Å². The first kappa shape index (κ1) is 11.4. The van der Waals surface area contributed by atoms with Crippen molar-refractivity contribution in [3.63, 3.8) is 0 Å². The molecule has 0 amide bonds. The van der Waals surface area contributed by atoms with Crippen molar-refractivity contribution < 1.29 is 9.47 Å². The van der Waals surface area contributed by atoms with E-state index in [2.05, 4.69) is 6.92 Å². The molecule has 3 rings (SSSR count). The Bertz CT molecular complexity index is 580. The van der Waals surface area contributed by atoms with Gasteiger partial charge in [-0.05, 0) is 19.1 Å². The molecule has 18 heavy (non-hydrogen) atoms. The average Bonchev–Trinajstić information content (AvgIpc) is 2.39. The highest BCUT2D eigenvalue weighted by atomic mass is 35.5. The third-order valence-electron chi connectivity index (χ3n) is 2.85. The molecule has 2 aromatic rings. The third kappa shape index (κ3) is 1.93. The molecular formula is C15H12ClO2. The molecule has 1 aliphatic heterocycles. The van der Waals surface area contributed by atoms with E-state index in [1.54, 1.807) is 0 Å². The molecule has 1 radical (unpaired) electrons. The standard InChI is InChI=1S/C15H12ClO2/c1-10-9-17-14-8-4-6-12(15(14)18-10)11-5-2-3-7-13(11)16/h2-8,10H,1,9H2. The van der Waals surface area contributed by atoms with Gasteiger partial charge in [-0.1, -0.05) is 41.9 Å². The van der Waals surface area contributed by atoms with Gasteiger partial charge in [0.05, 0.1) is 0 Å². The number of hydrogen-bond donors (Lipinski definition) is 0. The van der Waals surface area contributed by atoms with Gasteiger partial charge in [0.2, 0.25) is 0 Å². The van der Waals surface area contributed by atoms with Crippen LogP contribution in [-0.2, 0) is 0 Å². The second kappa shape index (κ2) is 4.54. The van der Waals surface area contributed by atoms with Crippen LogP contribution in [0, 0.1) is 6.92 Å². The molecule has 0 N–H and O–H groups in total. The summed E-state index contributed by atoms with van der Waals surface area (Å²) >= 11 is 6.23. The fourth-order valence-electron chi connectivity index (χ4n) is 2.03. The van der Waals surface area contributed by atoms with Crippen LogP contribution in [0.25, 0.3) is 11.1 Å². The molecule has 91 valence electrons. The minimum Gasteiger partial charge on any atom is -0.486 e. The Morgan fingerprint density at radius 1 is 1.06 bits per heavy atom. The SMILES string of the molecule is [CH2]C1COc2cccc(-c3ccccc3Cl)c2O1. The first-order valence-corrected chi connectivity index (χ1v) is 6.14. The van der Waals surface area contributed by atoms with E-state index >= 15 is 0 Å². The number of rotatable bonds is 1. The van der Waals surface area contributed by atoms with E-state index < -0.39 is 0 Å². The molecule has 2 aromatic carbocycles. The van der Waals surface area contributed by atoms with Crippen LogP contribution in [0.15, 0.2) is 42.5 Å². The van der Waals surface area contributed by atoms with Crippen LogP contribution in [0.3, 0.4) is 0 Å². The monoisotopic (exact) mass is 259 g/mol. The Balaban J connectivity index is 2.16. The maximum absolute atomic E-state index is 6.23. The Kier molecular flexibility index (Phi) is 2.88. The van der Waals surface area contributed by atoms with Gasteiger partial charge in [0.25, 0.3) is 0 Å². The predicted octanol–water partition coefficient (Wildman–Crippen LogP) is 3.98. The van der Waals surface area contributed by atoms with Gasteiger partial charge in [0.15, 0.2) is 11.5 Å². The molecule has 0 saturated heterocycles. The molecule has 0 saturated carbocycles. The van der Waals surface area contributed by atoms with Gasteiger partial charge in [-0.25, -0.2) is 0 Å². The summed E-state index contributed by atoms with van der Waals surface area (Å²) in [7, 11) is 0. The number of benzene rings is 2. The Labute approximate surface area is 111 Å². The molecule has 0 bridgehead atoms. The fourth-order valence-corrected chi connectivity index (χ4v) is 2.26. The van der Waals surface area contributed by atoms with Crippen LogP contribution in [0.2, 0.25) is 5.02 Å². The zero-order valence-corrected chi connectivity index (χ0v) is 10.5. The van der Waals surface area contributed by atoms with Crippen LogP contribution < -0.4 is 9.47 Å². The van der Waals surface area contributed by atoms with Gasteiger partial charge in [-0.3, -0.25) is 0 Å². The summed E-state index contributed by atoms with van der Waals surface area (Å²) in [6, 6.07) is 13.5. The first-order valence-electron chi connectivity index (χ1n) is 5.76. The lowest BCUT2D eigenvalue weighted by Crippen LogP contribution is -2.26. The van der Waals surface area contributed by atoms with E-state index in [0.717, 1.165) is 22.6 Å². The molecule has 1 unspecified atom stereocenters. The van der Waals surface area contributed by atoms with Crippen LogP contribution in [0.1, 0.15) is 0 Å². The summed E-state index contributed by atoms with van der Waals surface area (Å²) < 4.78 is 11.4. The number of halogens is 1. The van der Waals surface area contributed by atoms with Crippen LogP contribution in [-0.4, -0.2) is 12.7 Å². The summed E-state index contributed by atoms with van der Waals surface area (Å²) in [5.74, 6) is 1.46. The van der Waals surface area contributed by atoms with E-state index in [-0.39, 0.29) is 6.10 Å². The number of para-hydroxylation sites is 1. The smallest absolute Gasteiger partial charge is 0.169 e. The van der Waals surface area contributed by atoms with E-state index in [9.17, 15) is 0 Å². The molecule has 1 heterocycles. The molecule has 0 aromatic heterocycles. The van der Waals surface area contributed by atoms with E-state index in [0.29, 0.717) is 11.6 Å². The van der Waals surface area contributed by atoms with Crippen LogP contribution in [0.5, 0.6) is 11.5 Å². The highest BCUT2D eigenvalue weighted by Gasteiger charge is 2.21. The zero-order chi connectivity index (χ0) is 12.5. The Morgan fingerprint density at radius 3 is 2.67 bits per heavy atom. The lowest BCUT2D eigenvalue weighted by atomic mass is 10.0. The van der Waals surface area contributed by atoms with Gasteiger partial charge in [0, 0.05) is 16.1 Å². The van der Waals surface area contributed by atoms with Crippen molar-refractivity contribution in [3.05, 3.63) is 54.4 Å². The van der Waals surface area contributed by atoms with Crippen molar-refractivity contribution in [2.75, 3.05) is 6.61 Å². The van der Waals surface area contributed by atoms with Gasteiger partial charge >= 0.3 is 0 Å². The molecule has 2 nitrogen and oxygen atoms in total. The van der Waals surface area contributed by atoms with Crippen molar-refractivity contribution in [2.24, 2.45) is 0 Å². The van der Waals surface area contributed by atoms with Gasteiger partial charge < -0.3 is 9.47 Å². The number of ether oxygens (including phenoxy) is 2. The molecule has 0 aliphatic carbocycles. The minimum absolute atomic E-state index is 0.193. The third-order valence-corrected chi connectivity index (χ3v) is 3.18. The maximum Gasteiger partial charge on any atom is 0.169 e. The topological polar surface area (TPSA) is 18.5 Å². The quantitative estimate of drug-likeness (QED) is 0.771. The molecule has 0 fully saturated rings. The number of fused-ring (bicyclic) bond motifs is 1. The molecule has 0 spiro atoms. The second-order valence-electron chi connectivity index (χ2n) is 4.16. The highest BCUT2D eigenvalue weighted by Crippen LogP contribution is 2.42. The van der Waals surface area contributed by atoms with Gasteiger partial charge in [0.1, 0.15) is 12.7 Å². The second-order valence-corrected chi connectivity index (χ2v) is 4.57. The van der Waals surface area contributed by atoms with Gasteiger partial charge in [-0.2, -0.15) is 0 Å². The van der Waals surface area contributed by atoms with E-state index in [1.807, 2.05) is 42.5 Å². The maximum atomic E-state index is 6.23. The Hall–Kier alpha value is -1.67. The van der Waals surface area contributed by atoms with Crippen LogP contribution >= 0.6 is 11.6 Å². The minimum atomic E-state index is -0.193. The molecule has 1 atom stereocenters. The first-order chi connectivity index (χ1) is 8.75. The number of hydrogen-bond acceptors (Lipinski definition) is 2. The lowest BCUT2D eigenvalue weighted by Gasteiger charge is -2.26. The van der Waals surface area contributed by atoms with Crippen molar-refractivity contribution >= 4 is 11.6 Å². The van der Waals surface area contributed by atoms with Crippen molar-refractivity contribution in [1.82, 2.24) is 0 Å². The summed E-state index contributed by atoms with van der Waals surface area (Å²) in [6.07, 6.45) is -0.193. The zero-order valence-electron chi connectivity index (χ0n) is 9.73. The molecule has 3 heteroatoms. The fraction of sp³-hybridized carbons (Fsp3) is 0.133. The largest absolute Gasteiger partial charge is 0.486 e. The predicted molar refractivity (Wildman–Crippen MR) is 72.2 cm³/mol. The lowest BCUT2D eigenvalue weighted by molar-refractivity contribution is 0.122. The molecule has 1 aliphatic rings. The van der Waals surface area contributed by atoms with Gasteiger partial charge in [-0.15, -0.1) is 0 Å².